The smallest absolute Gasteiger partial charge is 0.251 e. The Morgan fingerprint density at radius 1 is 1.36 bits per heavy atom. The Labute approximate surface area is 147 Å². The monoisotopic (exact) mass is 341 g/mol. The van der Waals surface area contributed by atoms with Gasteiger partial charge in [-0.1, -0.05) is 6.07 Å². The highest BCUT2D eigenvalue weighted by molar-refractivity contribution is 5.99. The van der Waals surface area contributed by atoms with E-state index in [1.165, 1.54) is 0 Å². The molecular formula is C18H23N5O2. The van der Waals surface area contributed by atoms with E-state index in [1.807, 2.05) is 37.6 Å². The van der Waals surface area contributed by atoms with Gasteiger partial charge in [0.15, 0.2) is 0 Å². The number of hydrogen-bond acceptors (Lipinski definition) is 4. The number of hydrogen-bond donors (Lipinski definition) is 1. The van der Waals surface area contributed by atoms with Gasteiger partial charge in [0.1, 0.15) is 11.6 Å². The first kappa shape index (κ1) is 17.1. The summed E-state index contributed by atoms with van der Waals surface area (Å²) in [7, 11) is 0. The van der Waals surface area contributed by atoms with Crippen LogP contribution in [0.5, 0.6) is 0 Å². The van der Waals surface area contributed by atoms with Crippen LogP contribution in [0.4, 0.5) is 5.69 Å². The third kappa shape index (κ3) is 3.70. The van der Waals surface area contributed by atoms with Crippen LogP contribution in [0, 0.1) is 13.8 Å². The molecule has 2 amide bonds. The van der Waals surface area contributed by atoms with Crippen LogP contribution in [0.1, 0.15) is 47.8 Å². The number of anilines is 1. The lowest BCUT2D eigenvalue weighted by atomic mass is 10.1. The fourth-order valence-corrected chi connectivity index (χ4v) is 3.12. The van der Waals surface area contributed by atoms with Gasteiger partial charge >= 0.3 is 0 Å². The molecule has 1 saturated heterocycles. The highest BCUT2D eigenvalue weighted by Crippen LogP contribution is 2.22. The Morgan fingerprint density at radius 2 is 2.16 bits per heavy atom. The van der Waals surface area contributed by atoms with E-state index in [0.29, 0.717) is 25.1 Å². The Balaban J connectivity index is 1.65. The van der Waals surface area contributed by atoms with Crippen LogP contribution in [0.25, 0.3) is 0 Å². The molecule has 7 nitrogen and oxygen atoms in total. The summed E-state index contributed by atoms with van der Waals surface area (Å²) in [5, 5.41) is 7.28. The third-order valence-corrected chi connectivity index (χ3v) is 4.38. The van der Waals surface area contributed by atoms with Gasteiger partial charge in [0.05, 0.1) is 6.04 Å². The van der Waals surface area contributed by atoms with Gasteiger partial charge in [-0.05, 0) is 45.4 Å². The normalized spacial score (nSPS) is 15.5. The number of carbonyl (C=O) groups is 2. The fourth-order valence-electron chi connectivity index (χ4n) is 3.12. The van der Waals surface area contributed by atoms with Crippen molar-refractivity contribution in [3.63, 3.8) is 0 Å². The lowest BCUT2D eigenvalue weighted by Gasteiger charge is -2.17. The predicted octanol–water partition coefficient (Wildman–Crippen LogP) is 2.01. The van der Waals surface area contributed by atoms with E-state index in [-0.39, 0.29) is 17.9 Å². The molecule has 1 aliphatic heterocycles. The zero-order chi connectivity index (χ0) is 18.0. The molecule has 1 N–H and O–H groups in total. The fraction of sp³-hybridized carbons (Fsp3) is 0.444. The van der Waals surface area contributed by atoms with Crippen LogP contribution in [0.2, 0.25) is 0 Å². The lowest BCUT2D eigenvalue weighted by molar-refractivity contribution is -0.117. The average molecular weight is 341 g/mol. The molecule has 1 unspecified atom stereocenters. The molecule has 0 saturated carbocycles. The molecule has 1 aliphatic rings. The molecule has 0 spiro atoms. The van der Waals surface area contributed by atoms with E-state index in [4.69, 9.17) is 0 Å². The minimum atomic E-state index is -0.158. The van der Waals surface area contributed by atoms with E-state index >= 15 is 0 Å². The van der Waals surface area contributed by atoms with Crippen molar-refractivity contribution in [1.29, 1.82) is 0 Å². The Bertz CT molecular complexity index is 799. The third-order valence-electron chi connectivity index (χ3n) is 4.38. The molecule has 1 atom stereocenters. The number of nitrogens with one attached hydrogen (secondary N) is 1. The largest absolute Gasteiger partial charge is 0.350 e. The second-order valence-corrected chi connectivity index (χ2v) is 6.41. The minimum absolute atomic E-state index is 0.00786. The van der Waals surface area contributed by atoms with Crippen molar-refractivity contribution in [3.05, 3.63) is 41.5 Å². The Morgan fingerprint density at radius 3 is 2.80 bits per heavy atom. The van der Waals surface area contributed by atoms with E-state index in [2.05, 4.69) is 15.4 Å². The highest BCUT2D eigenvalue weighted by Gasteiger charge is 2.22. The maximum atomic E-state index is 12.5. The molecule has 132 valence electrons. The summed E-state index contributed by atoms with van der Waals surface area (Å²) in [6.45, 7) is 6.90. The number of aromatic nitrogens is 3. The van der Waals surface area contributed by atoms with Gasteiger partial charge < -0.3 is 10.2 Å². The number of carbonyl (C=O) groups excluding carboxylic acids is 2. The summed E-state index contributed by atoms with van der Waals surface area (Å²) in [5.41, 5.74) is 1.34. The van der Waals surface area contributed by atoms with Gasteiger partial charge in [-0.3, -0.25) is 9.59 Å². The predicted molar refractivity (Wildman–Crippen MR) is 94.6 cm³/mol. The van der Waals surface area contributed by atoms with Gasteiger partial charge in [0.2, 0.25) is 5.91 Å². The summed E-state index contributed by atoms with van der Waals surface area (Å²) >= 11 is 0. The van der Waals surface area contributed by atoms with Crippen molar-refractivity contribution in [2.75, 3.05) is 18.0 Å². The van der Waals surface area contributed by atoms with E-state index < -0.39 is 0 Å². The number of benzene rings is 1. The summed E-state index contributed by atoms with van der Waals surface area (Å²) in [5.74, 6) is 1.51. The molecule has 1 aromatic carbocycles. The van der Waals surface area contributed by atoms with Crippen molar-refractivity contribution >= 4 is 17.5 Å². The van der Waals surface area contributed by atoms with Crippen LogP contribution in [0.15, 0.2) is 24.3 Å². The van der Waals surface area contributed by atoms with Gasteiger partial charge in [-0.15, -0.1) is 0 Å². The van der Waals surface area contributed by atoms with Gasteiger partial charge in [-0.25, -0.2) is 9.67 Å². The van der Waals surface area contributed by atoms with Crippen LogP contribution < -0.4 is 10.2 Å². The van der Waals surface area contributed by atoms with Crippen molar-refractivity contribution < 1.29 is 9.59 Å². The number of amides is 2. The summed E-state index contributed by atoms with van der Waals surface area (Å²) in [6.07, 6.45) is 1.44. The zero-order valence-electron chi connectivity index (χ0n) is 14.8. The zero-order valence-corrected chi connectivity index (χ0v) is 14.8. The quantitative estimate of drug-likeness (QED) is 0.902. The summed E-state index contributed by atoms with van der Waals surface area (Å²) < 4.78 is 1.81. The molecule has 0 aliphatic carbocycles. The number of aryl methyl sites for hydroxylation is 2. The highest BCUT2D eigenvalue weighted by atomic mass is 16.2. The molecule has 0 radical (unpaired) electrons. The SMILES string of the molecule is Cc1nc(C)n(C(C)CNC(=O)c2cccc(N3CCCC3=O)c2)n1. The summed E-state index contributed by atoms with van der Waals surface area (Å²) in [6, 6.07) is 7.21. The maximum Gasteiger partial charge on any atom is 0.251 e. The molecular weight excluding hydrogens is 318 g/mol. The topological polar surface area (TPSA) is 80.1 Å². The second-order valence-electron chi connectivity index (χ2n) is 6.41. The first-order chi connectivity index (χ1) is 12.0. The summed E-state index contributed by atoms with van der Waals surface area (Å²) in [4.78, 5) is 30.3. The molecule has 1 aromatic heterocycles. The van der Waals surface area contributed by atoms with Gasteiger partial charge in [0.25, 0.3) is 5.91 Å². The molecule has 25 heavy (non-hydrogen) atoms. The maximum absolute atomic E-state index is 12.5. The van der Waals surface area contributed by atoms with Crippen molar-refractivity contribution in [2.24, 2.45) is 0 Å². The first-order valence-electron chi connectivity index (χ1n) is 8.54. The lowest BCUT2D eigenvalue weighted by Crippen LogP contribution is -2.30. The van der Waals surface area contributed by atoms with Crippen LogP contribution >= 0.6 is 0 Å². The number of rotatable bonds is 5. The first-order valence-corrected chi connectivity index (χ1v) is 8.54. The van der Waals surface area contributed by atoms with Gasteiger partial charge in [0, 0.05) is 30.8 Å². The Hall–Kier alpha value is -2.70. The standard InChI is InChI=1S/C18H23N5O2/c1-12(23-14(3)20-13(2)21-23)11-19-18(25)15-6-4-7-16(10-15)22-9-5-8-17(22)24/h4,6-7,10,12H,5,8-9,11H2,1-3H3,(H,19,25). The van der Waals surface area contributed by atoms with Crippen molar-refractivity contribution in [1.82, 2.24) is 20.1 Å². The number of nitrogens with zero attached hydrogens (tertiary/aromatic N) is 4. The molecule has 3 rings (SSSR count). The van der Waals surface area contributed by atoms with Crippen LogP contribution in [-0.4, -0.2) is 39.7 Å². The second kappa shape index (κ2) is 7.04. The average Bonchev–Trinajstić information content (AvgIpc) is 3.17. The molecule has 7 heteroatoms. The van der Waals surface area contributed by atoms with Crippen molar-refractivity contribution in [2.45, 2.75) is 39.7 Å². The molecule has 2 heterocycles. The molecule has 1 fully saturated rings. The molecule has 0 bridgehead atoms. The van der Waals surface area contributed by atoms with Crippen LogP contribution in [0.3, 0.4) is 0 Å². The Kier molecular flexibility index (Phi) is 4.83. The van der Waals surface area contributed by atoms with E-state index in [1.54, 1.807) is 17.0 Å². The van der Waals surface area contributed by atoms with Gasteiger partial charge in [-0.2, -0.15) is 5.10 Å². The van der Waals surface area contributed by atoms with E-state index in [0.717, 1.165) is 23.8 Å². The van der Waals surface area contributed by atoms with Crippen LogP contribution in [-0.2, 0) is 4.79 Å². The van der Waals surface area contributed by atoms with Crippen molar-refractivity contribution in [3.8, 4) is 0 Å². The minimum Gasteiger partial charge on any atom is -0.350 e. The van der Waals surface area contributed by atoms with E-state index in [9.17, 15) is 9.59 Å². The molecule has 2 aromatic rings.